The van der Waals surface area contributed by atoms with E-state index in [0.29, 0.717) is 13.2 Å². The van der Waals surface area contributed by atoms with E-state index in [2.05, 4.69) is 0 Å². The highest BCUT2D eigenvalue weighted by atomic mass is 16.5. The fraction of sp³-hybridized carbons (Fsp3) is 0.647. The zero-order chi connectivity index (χ0) is 15.5. The molecule has 0 aliphatic heterocycles. The van der Waals surface area contributed by atoms with Gasteiger partial charge < -0.3 is 19.3 Å². The Balaban J connectivity index is 1.92. The molecular weight excluding hydrogens is 268 g/mol. The molecule has 4 nitrogen and oxygen atoms in total. The van der Waals surface area contributed by atoms with Crippen LogP contribution in [0.25, 0.3) is 0 Å². The van der Waals surface area contributed by atoms with Crippen molar-refractivity contribution < 1.29 is 19.3 Å². The predicted octanol–water partition coefficient (Wildman–Crippen LogP) is 2.88. The summed E-state index contributed by atoms with van der Waals surface area (Å²) in [6, 6.07) is 5.86. The molecule has 21 heavy (non-hydrogen) atoms. The Morgan fingerprint density at radius 3 is 2.67 bits per heavy atom. The zero-order valence-corrected chi connectivity index (χ0v) is 13.4. The number of methoxy groups -OCH3 is 1. The molecule has 0 amide bonds. The number of benzene rings is 1. The third-order valence-electron chi connectivity index (χ3n) is 3.67. The van der Waals surface area contributed by atoms with Gasteiger partial charge in [0, 0.05) is 0 Å². The summed E-state index contributed by atoms with van der Waals surface area (Å²) >= 11 is 0. The minimum atomic E-state index is -0.599. The predicted molar refractivity (Wildman–Crippen MR) is 81.7 cm³/mol. The molecule has 0 fully saturated rings. The number of rotatable bonds is 5. The molecule has 2 atom stereocenters. The third-order valence-corrected chi connectivity index (χ3v) is 3.67. The number of aryl methyl sites for hydroxylation is 1. The zero-order valence-electron chi connectivity index (χ0n) is 13.4. The molecule has 1 aromatic carbocycles. The SMILES string of the molecule is COc1ccc2c(c1)C(O)C(OCCOC(C)(C)C)CC2. The Morgan fingerprint density at radius 2 is 2.00 bits per heavy atom. The molecule has 1 N–H and O–H groups in total. The second-order valence-corrected chi connectivity index (χ2v) is 6.42. The van der Waals surface area contributed by atoms with Gasteiger partial charge in [0.25, 0.3) is 0 Å². The molecule has 0 spiro atoms. The largest absolute Gasteiger partial charge is 0.497 e. The summed E-state index contributed by atoms with van der Waals surface area (Å²) in [6.07, 6.45) is 0.976. The Labute approximate surface area is 127 Å². The fourth-order valence-corrected chi connectivity index (χ4v) is 2.58. The first-order valence-corrected chi connectivity index (χ1v) is 7.51. The third kappa shape index (κ3) is 4.43. The van der Waals surface area contributed by atoms with Crippen LogP contribution in [-0.4, -0.2) is 37.1 Å². The van der Waals surface area contributed by atoms with Crippen molar-refractivity contribution in [2.45, 2.75) is 51.4 Å². The minimum absolute atomic E-state index is 0.158. The van der Waals surface area contributed by atoms with Gasteiger partial charge in [0.1, 0.15) is 11.9 Å². The quantitative estimate of drug-likeness (QED) is 0.848. The number of aliphatic hydroxyl groups excluding tert-OH is 1. The molecule has 0 saturated carbocycles. The number of hydrogen-bond acceptors (Lipinski definition) is 4. The highest BCUT2D eigenvalue weighted by Gasteiger charge is 2.29. The van der Waals surface area contributed by atoms with Gasteiger partial charge >= 0.3 is 0 Å². The van der Waals surface area contributed by atoms with Crippen LogP contribution in [0.15, 0.2) is 18.2 Å². The minimum Gasteiger partial charge on any atom is -0.497 e. The molecule has 2 rings (SSSR count). The normalized spacial score (nSPS) is 22.0. The van der Waals surface area contributed by atoms with Crippen LogP contribution in [0.2, 0.25) is 0 Å². The standard InChI is InChI=1S/C17H26O4/c1-17(2,3)21-10-9-20-15-8-6-12-5-7-13(19-4)11-14(12)16(15)18/h5,7,11,15-16,18H,6,8-10H2,1-4H3. The lowest BCUT2D eigenvalue weighted by Gasteiger charge is -2.30. The van der Waals surface area contributed by atoms with Crippen molar-refractivity contribution in [1.82, 2.24) is 0 Å². The van der Waals surface area contributed by atoms with Crippen LogP contribution in [0.1, 0.15) is 44.4 Å². The van der Waals surface area contributed by atoms with Gasteiger partial charge in [0.2, 0.25) is 0 Å². The molecule has 4 heteroatoms. The van der Waals surface area contributed by atoms with E-state index in [1.807, 2.05) is 39.0 Å². The average molecular weight is 294 g/mol. The lowest BCUT2D eigenvalue weighted by atomic mass is 9.87. The van der Waals surface area contributed by atoms with Crippen LogP contribution >= 0.6 is 0 Å². The van der Waals surface area contributed by atoms with E-state index in [-0.39, 0.29) is 11.7 Å². The van der Waals surface area contributed by atoms with E-state index >= 15 is 0 Å². The smallest absolute Gasteiger partial charge is 0.119 e. The van der Waals surface area contributed by atoms with Gasteiger partial charge in [-0.2, -0.15) is 0 Å². The van der Waals surface area contributed by atoms with Crippen molar-refractivity contribution in [2.75, 3.05) is 20.3 Å². The molecule has 2 unspecified atom stereocenters. The lowest BCUT2D eigenvalue weighted by Crippen LogP contribution is -2.30. The summed E-state index contributed by atoms with van der Waals surface area (Å²) in [4.78, 5) is 0. The fourth-order valence-electron chi connectivity index (χ4n) is 2.58. The molecule has 0 radical (unpaired) electrons. The summed E-state index contributed by atoms with van der Waals surface area (Å²) < 4.78 is 16.7. The Morgan fingerprint density at radius 1 is 1.24 bits per heavy atom. The number of hydrogen-bond donors (Lipinski definition) is 1. The maximum atomic E-state index is 10.5. The summed E-state index contributed by atoms with van der Waals surface area (Å²) in [5, 5.41) is 10.5. The van der Waals surface area contributed by atoms with Gasteiger partial charge in [-0.05, 0) is 56.9 Å². The van der Waals surface area contributed by atoms with Gasteiger partial charge in [-0.3, -0.25) is 0 Å². The first kappa shape index (κ1) is 16.3. The average Bonchev–Trinajstić information content (AvgIpc) is 2.44. The van der Waals surface area contributed by atoms with E-state index in [0.717, 1.165) is 24.2 Å². The van der Waals surface area contributed by atoms with E-state index < -0.39 is 6.10 Å². The van der Waals surface area contributed by atoms with Crippen molar-refractivity contribution in [3.8, 4) is 5.75 Å². The maximum Gasteiger partial charge on any atom is 0.119 e. The second kappa shape index (κ2) is 6.77. The van der Waals surface area contributed by atoms with Gasteiger partial charge in [-0.15, -0.1) is 0 Å². The van der Waals surface area contributed by atoms with E-state index in [1.165, 1.54) is 5.56 Å². The molecule has 1 aliphatic rings. The van der Waals surface area contributed by atoms with Gasteiger partial charge in [-0.1, -0.05) is 6.07 Å². The van der Waals surface area contributed by atoms with E-state index in [1.54, 1.807) is 7.11 Å². The highest BCUT2D eigenvalue weighted by Crippen LogP contribution is 2.34. The van der Waals surface area contributed by atoms with Crippen molar-refractivity contribution in [3.63, 3.8) is 0 Å². The highest BCUT2D eigenvalue weighted by molar-refractivity contribution is 5.39. The first-order valence-electron chi connectivity index (χ1n) is 7.51. The summed E-state index contributed by atoms with van der Waals surface area (Å²) in [7, 11) is 1.63. The summed E-state index contributed by atoms with van der Waals surface area (Å²) in [6.45, 7) is 7.09. The molecule has 0 heterocycles. The van der Waals surface area contributed by atoms with Crippen molar-refractivity contribution >= 4 is 0 Å². The van der Waals surface area contributed by atoms with Crippen LogP contribution in [0, 0.1) is 0 Å². The van der Waals surface area contributed by atoms with Crippen molar-refractivity contribution in [2.24, 2.45) is 0 Å². The van der Waals surface area contributed by atoms with Crippen LogP contribution in [0.4, 0.5) is 0 Å². The van der Waals surface area contributed by atoms with Crippen LogP contribution in [0.3, 0.4) is 0 Å². The number of aliphatic hydroxyl groups is 1. The molecule has 0 bridgehead atoms. The van der Waals surface area contributed by atoms with Gasteiger partial charge in [-0.25, -0.2) is 0 Å². The maximum absolute atomic E-state index is 10.5. The molecule has 0 saturated heterocycles. The van der Waals surface area contributed by atoms with E-state index in [4.69, 9.17) is 14.2 Å². The van der Waals surface area contributed by atoms with Crippen LogP contribution < -0.4 is 4.74 Å². The van der Waals surface area contributed by atoms with Crippen LogP contribution in [0.5, 0.6) is 5.75 Å². The number of fused-ring (bicyclic) bond motifs is 1. The Kier molecular flexibility index (Phi) is 5.25. The van der Waals surface area contributed by atoms with Gasteiger partial charge in [0.05, 0.1) is 32.0 Å². The second-order valence-electron chi connectivity index (χ2n) is 6.42. The van der Waals surface area contributed by atoms with Crippen molar-refractivity contribution in [3.05, 3.63) is 29.3 Å². The molecular formula is C17H26O4. The first-order chi connectivity index (χ1) is 9.90. The molecule has 0 aromatic heterocycles. The molecule has 118 valence electrons. The van der Waals surface area contributed by atoms with Crippen LogP contribution in [-0.2, 0) is 15.9 Å². The Bertz CT molecular complexity index is 464. The van der Waals surface area contributed by atoms with Gasteiger partial charge in [0.15, 0.2) is 0 Å². The molecule has 1 aromatic rings. The van der Waals surface area contributed by atoms with Crippen molar-refractivity contribution in [1.29, 1.82) is 0 Å². The Hall–Kier alpha value is -1.10. The summed E-state index contributed by atoms with van der Waals surface area (Å²) in [5.74, 6) is 0.768. The molecule has 1 aliphatic carbocycles. The lowest BCUT2D eigenvalue weighted by molar-refractivity contribution is -0.0868. The monoisotopic (exact) mass is 294 g/mol. The topological polar surface area (TPSA) is 47.9 Å². The summed E-state index contributed by atoms with van der Waals surface area (Å²) in [5.41, 5.74) is 1.94. The number of ether oxygens (including phenoxy) is 3. The van der Waals surface area contributed by atoms with E-state index in [9.17, 15) is 5.11 Å².